The first-order valence-corrected chi connectivity index (χ1v) is 7.93. The molecule has 25 heavy (non-hydrogen) atoms. The highest BCUT2D eigenvalue weighted by molar-refractivity contribution is 6.04. The first-order valence-electron chi connectivity index (χ1n) is 7.93. The van der Waals surface area contributed by atoms with Crippen LogP contribution in [0.5, 0.6) is 5.75 Å². The van der Waals surface area contributed by atoms with E-state index in [0.29, 0.717) is 6.61 Å². The smallest absolute Gasteiger partial charge is 0.332 e. The summed E-state index contributed by atoms with van der Waals surface area (Å²) in [7, 11) is 2.74. The fourth-order valence-corrected chi connectivity index (χ4v) is 2.90. The maximum atomic E-state index is 12.7. The van der Waals surface area contributed by atoms with Gasteiger partial charge in [0.25, 0.3) is 5.56 Å². The lowest BCUT2D eigenvalue weighted by Crippen LogP contribution is -2.43. The van der Waals surface area contributed by atoms with E-state index in [1.807, 2.05) is 18.2 Å². The SMILES string of the molecule is C[C@H](Nc1ccc2c(c1)CCO2)C(=O)c1c(N)n(C)c(=O)n(C)c1=O. The molecule has 0 saturated carbocycles. The number of aromatic nitrogens is 2. The summed E-state index contributed by atoms with van der Waals surface area (Å²) in [6, 6.07) is 4.90. The van der Waals surface area contributed by atoms with Gasteiger partial charge in [-0.05, 0) is 30.7 Å². The molecule has 0 saturated heterocycles. The molecule has 0 fully saturated rings. The van der Waals surface area contributed by atoms with Crippen LogP contribution in [-0.4, -0.2) is 27.6 Å². The zero-order chi connectivity index (χ0) is 18.3. The van der Waals surface area contributed by atoms with E-state index >= 15 is 0 Å². The summed E-state index contributed by atoms with van der Waals surface area (Å²) in [6.45, 7) is 2.30. The van der Waals surface area contributed by atoms with Gasteiger partial charge in [-0.3, -0.25) is 18.7 Å². The number of nitrogens with one attached hydrogen (secondary N) is 1. The fraction of sp³-hybridized carbons (Fsp3) is 0.353. The van der Waals surface area contributed by atoms with E-state index < -0.39 is 23.1 Å². The standard InChI is InChI=1S/C17H20N4O4/c1-9(19-11-4-5-12-10(8-11)6-7-25-12)14(22)13-15(18)20(2)17(24)21(3)16(13)23/h4-5,8-9,19H,6-7,18H2,1-3H3/t9-/m0/s1. The van der Waals surface area contributed by atoms with Crippen molar-refractivity contribution >= 4 is 17.3 Å². The minimum absolute atomic E-state index is 0.130. The Hall–Kier alpha value is -3.03. The van der Waals surface area contributed by atoms with E-state index in [1.54, 1.807) is 6.92 Å². The minimum Gasteiger partial charge on any atom is -0.493 e. The Balaban J connectivity index is 1.91. The predicted molar refractivity (Wildman–Crippen MR) is 94.4 cm³/mol. The number of hydrogen-bond donors (Lipinski definition) is 2. The number of nitrogens with two attached hydrogens (primary N) is 1. The molecule has 2 heterocycles. The molecule has 0 aliphatic carbocycles. The van der Waals surface area contributed by atoms with Crippen molar-refractivity contribution in [1.82, 2.24) is 9.13 Å². The first kappa shape index (κ1) is 16.8. The van der Waals surface area contributed by atoms with Crippen LogP contribution < -0.4 is 27.0 Å². The second-order valence-corrected chi connectivity index (χ2v) is 6.12. The number of carbonyl (C=O) groups excluding carboxylic acids is 1. The zero-order valence-electron chi connectivity index (χ0n) is 14.3. The summed E-state index contributed by atoms with van der Waals surface area (Å²) < 4.78 is 7.43. The monoisotopic (exact) mass is 344 g/mol. The third-order valence-corrected chi connectivity index (χ3v) is 4.42. The third-order valence-electron chi connectivity index (χ3n) is 4.42. The Kier molecular flexibility index (Phi) is 4.12. The van der Waals surface area contributed by atoms with Crippen LogP contribution in [0.4, 0.5) is 11.5 Å². The molecule has 0 amide bonds. The number of rotatable bonds is 4. The molecule has 1 atom stereocenters. The fourth-order valence-electron chi connectivity index (χ4n) is 2.90. The van der Waals surface area contributed by atoms with Gasteiger partial charge in [-0.2, -0.15) is 0 Å². The van der Waals surface area contributed by atoms with Crippen molar-refractivity contribution in [3.8, 4) is 5.75 Å². The third kappa shape index (κ3) is 2.79. The molecule has 0 unspecified atom stereocenters. The molecule has 8 nitrogen and oxygen atoms in total. The molecular formula is C17H20N4O4. The topological polar surface area (TPSA) is 108 Å². The number of Topliss-reactive ketones (excluding diaryl/α,β-unsaturated/α-hetero) is 1. The van der Waals surface area contributed by atoms with Crippen molar-refractivity contribution in [2.24, 2.45) is 14.1 Å². The van der Waals surface area contributed by atoms with Gasteiger partial charge in [0.15, 0.2) is 5.78 Å². The highest BCUT2D eigenvalue weighted by atomic mass is 16.5. The van der Waals surface area contributed by atoms with Crippen LogP contribution in [0.15, 0.2) is 27.8 Å². The first-order chi connectivity index (χ1) is 11.8. The van der Waals surface area contributed by atoms with E-state index in [9.17, 15) is 14.4 Å². The van der Waals surface area contributed by atoms with Gasteiger partial charge in [0.1, 0.15) is 17.1 Å². The molecular weight excluding hydrogens is 324 g/mol. The largest absolute Gasteiger partial charge is 0.493 e. The molecule has 0 spiro atoms. The summed E-state index contributed by atoms with van der Waals surface area (Å²) >= 11 is 0. The maximum Gasteiger partial charge on any atom is 0.332 e. The predicted octanol–water partition coefficient (Wildman–Crippen LogP) is 0.284. The van der Waals surface area contributed by atoms with E-state index in [2.05, 4.69) is 5.32 Å². The molecule has 8 heteroatoms. The summed E-state index contributed by atoms with van der Waals surface area (Å²) in [5.41, 5.74) is 6.22. The highest BCUT2D eigenvalue weighted by Crippen LogP contribution is 2.28. The number of fused-ring (bicyclic) bond motifs is 1. The van der Waals surface area contributed by atoms with Crippen LogP contribution in [0, 0.1) is 0 Å². The number of nitrogens with zero attached hydrogens (tertiary/aromatic N) is 2. The number of nitrogen functional groups attached to an aromatic ring is 1. The van der Waals surface area contributed by atoms with E-state index in [1.165, 1.54) is 14.1 Å². The van der Waals surface area contributed by atoms with Crippen molar-refractivity contribution in [2.45, 2.75) is 19.4 Å². The van der Waals surface area contributed by atoms with E-state index in [-0.39, 0.29) is 11.4 Å². The van der Waals surface area contributed by atoms with Crippen LogP contribution in [0.1, 0.15) is 22.8 Å². The molecule has 3 rings (SSSR count). The molecule has 1 aliphatic heterocycles. The number of ketones is 1. The summed E-state index contributed by atoms with van der Waals surface area (Å²) in [4.78, 5) is 36.9. The van der Waals surface area contributed by atoms with Crippen molar-refractivity contribution in [3.05, 3.63) is 50.2 Å². The normalized spacial score (nSPS) is 13.9. The number of ether oxygens (including phenoxy) is 1. The molecule has 2 aromatic rings. The van der Waals surface area contributed by atoms with Crippen molar-refractivity contribution in [2.75, 3.05) is 17.7 Å². The molecule has 1 aliphatic rings. The highest BCUT2D eigenvalue weighted by Gasteiger charge is 2.25. The molecule has 3 N–H and O–H groups in total. The average molecular weight is 344 g/mol. The minimum atomic E-state index is -0.693. The molecule has 1 aromatic heterocycles. The Labute approximate surface area is 143 Å². The van der Waals surface area contributed by atoms with E-state index in [0.717, 1.165) is 32.6 Å². The molecule has 0 radical (unpaired) electrons. The van der Waals surface area contributed by atoms with Gasteiger partial charge in [0.2, 0.25) is 0 Å². The van der Waals surface area contributed by atoms with Gasteiger partial charge < -0.3 is 15.8 Å². The van der Waals surface area contributed by atoms with Gasteiger partial charge in [-0.1, -0.05) is 0 Å². The van der Waals surface area contributed by atoms with Gasteiger partial charge in [0.05, 0.1) is 12.6 Å². The van der Waals surface area contributed by atoms with Crippen LogP contribution >= 0.6 is 0 Å². The quantitative estimate of drug-likeness (QED) is 0.772. The summed E-state index contributed by atoms with van der Waals surface area (Å²) in [5, 5.41) is 3.08. The molecule has 132 valence electrons. The van der Waals surface area contributed by atoms with Crippen LogP contribution in [0.25, 0.3) is 0 Å². The Morgan fingerprint density at radius 1 is 1.28 bits per heavy atom. The zero-order valence-corrected chi connectivity index (χ0v) is 14.3. The van der Waals surface area contributed by atoms with Crippen LogP contribution in [-0.2, 0) is 20.5 Å². The van der Waals surface area contributed by atoms with E-state index in [4.69, 9.17) is 10.5 Å². The second-order valence-electron chi connectivity index (χ2n) is 6.12. The number of hydrogen-bond acceptors (Lipinski definition) is 6. The van der Waals surface area contributed by atoms with Crippen molar-refractivity contribution in [1.29, 1.82) is 0 Å². The Morgan fingerprint density at radius 3 is 2.72 bits per heavy atom. The number of carbonyl (C=O) groups is 1. The van der Waals surface area contributed by atoms with Gasteiger partial charge in [0, 0.05) is 26.2 Å². The molecule has 1 aromatic carbocycles. The second kappa shape index (κ2) is 6.12. The lowest BCUT2D eigenvalue weighted by Gasteiger charge is -2.17. The van der Waals surface area contributed by atoms with Gasteiger partial charge in [-0.25, -0.2) is 4.79 Å². The summed E-state index contributed by atoms with van der Waals surface area (Å²) in [5.74, 6) is 0.250. The Morgan fingerprint density at radius 2 is 2.00 bits per heavy atom. The maximum absolute atomic E-state index is 12.7. The summed E-state index contributed by atoms with van der Waals surface area (Å²) in [6.07, 6.45) is 0.821. The van der Waals surface area contributed by atoms with Gasteiger partial charge >= 0.3 is 5.69 Å². The average Bonchev–Trinajstić information content (AvgIpc) is 3.06. The molecule has 0 bridgehead atoms. The van der Waals surface area contributed by atoms with Crippen molar-refractivity contribution in [3.63, 3.8) is 0 Å². The number of benzene rings is 1. The number of anilines is 2. The van der Waals surface area contributed by atoms with Crippen LogP contribution in [0.2, 0.25) is 0 Å². The lowest BCUT2D eigenvalue weighted by atomic mass is 10.1. The van der Waals surface area contributed by atoms with Gasteiger partial charge in [-0.15, -0.1) is 0 Å². The van der Waals surface area contributed by atoms with Crippen molar-refractivity contribution < 1.29 is 9.53 Å². The van der Waals surface area contributed by atoms with Crippen LogP contribution in [0.3, 0.4) is 0 Å². The lowest BCUT2D eigenvalue weighted by molar-refractivity contribution is 0.0973. The Bertz CT molecular complexity index is 974.